The van der Waals surface area contributed by atoms with Crippen LogP contribution in [-0.2, 0) is 9.59 Å². The predicted molar refractivity (Wildman–Crippen MR) is 71.4 cm³/mol. The number of amides is 1. The van der Waals surface area contributed by atoms with E-state index >= 15 is 0 Å². The highest BCUT2D eigenvalue weighted by molar-refractivity contribution is 5.78. The van der Waals surface area contributed by atoms with Crippen LogP contribution in [0.2, 0.25) is 0 Å². The number of nitrogens with one attached hydrogen (secondary N) is 2. The minimum Gasteiger partial charge on any atom is -0.481 e. The summed E-state index contributed by atoms with van der Waals surface area (Å²) in [5.41, 5.74) is -0.869. The van der Waals surface area contributed by atoms with Crippen molar-refractivity contribution < 1.29 is 14.7 Å². The third-order valence-corrected chi connectivity index (χ3v) is 3.11. The topological polar surface area (TPSA) is 78.4 Å². The van der Waals surface area contributed by atoms with Gasteiger partial charge in [-0.1, -0.05) is 20.8 Å². The summed E-state index contributed by atoms with van der Waals surface area (Å²) in [5, 5.41) is 15.0. The van der Waals surface area contributed by atoms with Crippen LogP contribution in [0.1, 0.15) is 47.0 Å². The Kier molecular flexibility index (Phi) is 7.59. The zero-order valence-electron chi connectivity index (χ0n) is 11.9. The van der Waals surface area contributed by atoms with E-state index in [1.54, 1.807) is 6.92 Å². The van der Waals surface area contributed by atoms with Gasteiger partial charge in [-0.3, -0.25) is 9.59 Å². The fraction of sp³-hybridized carbons (Fsp3) is 0.846. The monoisotopic (exact) mass is 258 g/mol. The molecular weight excluding hydrogens is 232 g/mol. The van der Waals surface area contributed by atoms with Gasteiger partial charge < -0.3 is 15.7 Å². The first-order valence-electron chi connectivity index (χ1n) is 6.55. The minimum absolute atomic E-state index is 0.0820. The van der Waals surface area contributed by atoms with Gasteiger partial charge >= 0.3 is 5.97 Å². The number of carbonyl (C=O) groups is 2. The number of carboxylic acids is 1. The maximum Gasteiger partial charge on any atom is 0.311 e. The Hall–Kier alpha value is -1.10. The molecule has 3 N–H and O–H groups in total. The SMILES string of the molecule is CCC(C)(CNC(=O)CCCNC(C)C)C(=O)O. The van der Waals surface area contributed by atoms with Crippen molar-refractivity contribution in [1.82, 2.24) is 10.6 Å². The molecule has 0 aromatic heterocycles. The molecule has 0 radical (unpaired) electrons. The van der Waals surface area contributed by atoms with Crippen LogP contribution in [0.5, 0.6) is 0 Å². The molecule has 1 unspecified atom stereocenters. The van der Waals surface area contributed by atoms with Crippen molar-refractivity contribution in [2.24, 2.45) is 5.41 Å². The first kappa shape index (κ1) is 16.9. The summed E-state index contributed by atoms with van der Waals surface area (Å²) in [7, 11) is 0. The van der Waals surface area contributed by atoms with Crippen molar-refractivity contribution in [2.45, 2.75) is 53.0 Å². The zero-order chi connectivity index (χ0) is 14.2. The average Bonchev–Trinajstić information content (AvgIpc) is 2.31. The Labute approximate surface area is 109 Å². The predicted octanol–water partition coefficient (Wildman–Crippen LogP) is 1.38. The molecule has 0 fully saturated rings. The zero-order valence-corrected chi connectivity index (χ0v) is 11.9. The Morgan fingerprint density at radius 2 is 1.94 bits per heavy atom. The molecule has 1 atom stereocenters. The maximum atomic E-state index is 11.5. The lowest BCUT2D eigenvalue weighted by atomic mass is 9.87. The minimum atomic E-state index is -0.869. The van der Waals surface area contributed by atoms with Gasteiger partial charge in [-0.2, -0.15) is 0 Å². The van der Waals surface area contributed by atoms with E-state index in [0.717, 1.165) is 13.0 Å². The van der Waals surface area contributed by atoms with Crippen molar-refractivity contribution in [1.29, 1.82) is 0 Å². The second kappa shape index (κ2) is 8.08. The Morgan fingerprint density at radius 1 is 1.33 bits per heavy atom. The van der Waals surface area contributed by atoms with Crippen LogP contribution in [0.25, 0.3) is 0 Å². The van der Waals surface area contributed by atoms with Crippen LogP contribution in [0.15, 0.2) is 0 Å². The largest absolute Gasteiger partial charge is 0.481 e. The van der Waals surface area contributed by atoms with Crippen LogP contribution in [0, 0.1) is 5.41 Å². The second-order valence-electron chi connectivity index (χ2n) is 5.21. The average molecular weight is 258 g/mol. The Balaban J connectivity index is 3.86. The third kappa shape index (κ3) is 6.59. The quantitative estimate of drug-likeness (QED) is 0.546. The van der Waals surface area contributed by atoms with Crippen LogP contribution in [0.4, 0.5) is 0 Å². The van der Waals surface area contributed by atoms with Gasteiger partial charge in [0.15, 0.2) is 0 Å². The van der Waals surface area contributed by atoms with Crippen LogP contribution in [0.3, 0.4) is 0 Å². The molecule has 0 aliphatic rings. The maximum absolute atomic E-state index is 11.5. The summed E-state index contributed by atoms with van der Waals surface area (Å²) >= 11 is 0. The van der Waals surface area contributed by atoms with Gasteiger partial charge in [0.25, 0.3) is 0 Å². The highest BCUT2D eigenvalue weighted by Crippen LogP contribution is 2.19. The first-order chi connectivity index (χ1) is 8.31. The summed E-state index contributed by atoms with van der Waals surface area (Å²) in [5.74, 6) is -0.951. The molecule has 0 bridgehead atoms. The summed E-state index contributed by atoms with van der Waals surface area (Å²) < 4.78 is 0. The standard InChI is InChI=1S/C13H26N2O3/c1-5-13(4,12(17)18)9-15-11(16)7-6-8-14-10(2)3/h10,14H,5-9H2,1-4H3,(H,15,16)(H,17,18). The fourth-order valence-corrected chi connectivity index (χ4v) is 1.37. The lowest BCUT2D eigenvalue weighted by Gasteiger charge is -2.23. The smallest absolute Gasteiger partial charge is 0.311 e. The van der Waals surface area contributed by atoms with E-state index in [2.05, 4.69) is 24.5 Å². The van der Waals surface area contributed by atoms with Gasteiger partial charge in [0.1, 0.15) is 0 Å². The van der Waals surface area contributed by atoms with Gasteiger partial charge in [-0.25, -0.2) is 0 Å². The third-order valence-electron chi connectivity index (χ3n) is 3.11. The highest BCUT2D eigenvalue weighted by Gasteiger charge is 2.31. The van der Waals surface area contributed by atoms with Gasteiger partial charge in [0.05, 0.1) is 5.41 Å². The lowest BCUT2D eigenvalue weighted by Crippen LogP contribution is -2.40. The van der Waals surface area contributed by atoms with E-state index in [-0.39, 0.29) is 12.5 Å². The van der Waals surface area contributed by atoms with Crippen molar-refractivity contribution in [3.63, 3.8) is 0 Å². The van der Waals surface area contributed by atoms with Gasteiger partial charge in [-0.15, -0.1) is 0 Å². The summed E-state index contributed by atoms with van der Waals surface area (Å²) in [6, 6.07) is 0.420. The molecule has 0 saturated carbocycles. The normalized spacial score (nSPS) is 14.3. The van der Waals surface area contributed by atoms with Crippen molar-refractivity contribution in [3.8, 4) is 0 Å². The van der Waals surface area contributed by atoms with Crippen molar-refractivity contribution >= 4 is 11.9 Å². The fourth-order valence-electron chi connectivity index (χ4n) is 1.37. The number of rotatable bonds is 9. The number of hydrogen-bond donors (Lipinski definition) is 3. The van der Waals surface area contributed by atoms with E-state index in [9.17, 15) is 9.59 Å². The summed E-state index contributed by atoms with van der Waals surface area (Å²) in [4.78, 5) is 22.6. The number of hydrogen-bond acceptors (Lipinski definition) is 3. The molecule has 0 aromatic carbocycles. The number of aliphatic carboxylic acids is 1. The van der Waals surface area contributed by atoms with Crippen LogP contribution < -0.4 is 10.6 Å². The molecule has 0 aromatic rings. The molecule has 18 heavy (non-hydrogen) atoms. The van der Waals surface area contributed by atoms with Gasteiger partial charge in [-0.05, 0) is 26.3 Å². The molecule has 0 aliphatic carbocycles. The summed E-state index contributed by atoms with van der Waals surface area (Å²) in [6.45, 7) is 8.56. The van der Waals surface area contributed by atoms with E-state index in [0.29, 0.717) is 18.9 Å². The number of carbonyl (C=O) groups excluding carboxylic acids is 1. The molecule has 0 spiro atoms. The number of carboxylic acid groups (broad SMARTS) is 1. The van der Waals surface area contributed by atoms with Crippen molar-refractivity contribution in [3.05, 3.63) is 0 Å². The molecular formula is C13H26N2O3. The molecule has 0 rings (SSSR count). The first-order valence-corrected chi connectivity index (χ1v) is 6.55. The van der Waals surface area contributed by atoms with E-state index in [4.69, 9.17) is 5.11 Å². The second-order valence-corrected chi connectivity index (χ2v) is 5.21. The Morgan fingerprint density at radius 3 is 2.39 bits per heavy atom. The molecule has 1 amide bonds. The molecule has 106 valence electrons. The van der Waals surface area contributed by atoms with E-state index in [1.807, 2.05) is 6.92 Å². The lowest BCUT2D eigenvalue weighted by molar-refractivity contribution is -0.148. The highest BCUT2D eigenvalue weighted by atomic mass is 16.4. The van der Waals surface area contributed by atoms with Crippen LogP contribution in [-0.4, -0.2) is 36.1 Å². The van der Waals surface area contributed by atoms with E-state index in [1.165, 1.54) is 0 Å². The molecule has 5 nitrogen and oxygen atoms in total. The van der Waals surface area contributed by atoms with Crippen LogP contribution >= 0.6 is 0 Å². The molecule has 5 heteroatoms. The van der Waals surface area contributed by atoms with E-state index < -0.39 is 11.4 Å². The summed E-state index contributed by atoms with van der Waals surface area (Å²) in [6.07, 6.45) is 1.69. The van der Waals surface area contributed by atoms with Crippen molar-refractivity contribution in [2.75, 3.05) is 13.1 Å². The molecule has 0 aliphatic heterocycles. The molecule has 0 heterocycles. The Bertz CT molecular complexity index is 279. The van der Waals surface area contributed by atoms with Gasteiger partial charge in [0, 0.05) is 19.0 Å². The van der Waals surface area contributed by atoms with Gasteiger partial charge in [0.2, 0.25) is 5.91 Å². The molecule has 0 saturated heterocycles.